The average Bonchev–Trinajstić information content (AvgIpc) is 3.13. The van der Waals surface area contributed by atoms with Crippen molar-refractivity contribution in [3.63, 3.8) is 0 Å². The van der Waals surface area contributed by atoms with Crippen LogP contribution in [0.25, 0.3) is 10.6 Å². The Labute approximate surface area is 174 Å². The molecule has 3 rings (SSSR count). The minimum Gasteiger partial charge on any atom is -0.497 e. The lowest BCUT2D eigenvalue weighted by Crippen LogP contribution is -2.25. The van der Waals surface area contributed by atoms with Gasteiger partial charge >= 0.3 is 0 Å². The van der Waals surface area contributed by atoms with Gasteiger partial charge in [-0.05, 0) is 43.3 Å². The van der Waals surface area contributed by atoms with Crippen LogP contribution in [0, 0.1) is 6.92 Å². The largest absolute Gasteiger partial charge is 0.497 e. The summed E-state index contributed by atoms with van der Waals surface area (Å²) in [6.45, 7) is 2.51. The van der Waals surface area contributed by atoms with Gasteiger partial charge in [0.25, 0.3) is 5.91 Å². The number of thiazole rings is 1. The molecule has 0 aliphatic carbocycles. The van der Waals surface area contributed by atoms with E-state index in [9.17, 15) is 4.79 Å². The molecule has 0 spiro atoms. The number of hydrogen-bond acceptors (Lipinski definition) is 6. The van der Waals surface area contributed by atoms with Gasteiger partial charge in [0.2, 0.25) is 0 Å². The molecule has 6 nitrogen and oxygen atoms in total. The number of methoxy groups -OCH3 is 3. The van der Waals surface area contributed by atoms with E-state index in [1.807, 2.05) is 31.2 Å². The first-order valence-electron chi connectivity index (χ1n) is 9.16. The van der Waals surface area contributed by atoms with Crippen LogP contribution in [0.15, 0.2) is 42.5 Å². The maximum atomic E-state index is 12.5. The smallest absolute Gasteiger partial charge is 0.251 e. The van der Waals surface area contributed by atoms with Crippen molar-refractivity contribution < 1.29 is 19.0 Å². The molecule has 0 atom stereocenters. The third kappa shape index (κ3) is 5.06. The number of hydrogen-bond donors (Lipinski definition) is 1. The highest BCUT2D eigenvalue weighted by Gasteiger charge is 2.12. The summed E-state index contributed by atoms with van der Waals surface area (Å²) in [5.74, 6) is 1.81. The van der Waals surface area contributed by atoms with Crippen LogP contribution in [0.3, 0.4) is 0 Å². The molecule has 2 aromatic carbocycles. The Morgan fingerprint density at radius 3 is 2.17 bits per heavy atom. The number of benzene rings is 2. The molecular weight excluding hydrogens is 388 g/mol. The molecule has 0 saturated carbocycles. The summed E-state index contributed by atoms with van der Waals surface area (Å²) in [5, 5.41) is 3.92. The summed E-state index contributed by atoms with van der Waals surface area (Å²) >= 11 is 1.64. The van der Waals surface area contributed by atoms with Gasteiger partial charge in [0.05, 0.1) is 27.0 Å². The van der Waals surface area contributed by atoms with E-state index in [0.717, 1.165) is 26.9 Å². The fourth-order valence-corrected chi connectivity index (χ4v) is 3.91. The lowest BCUT2D eigenvalue weighted by Gasteiger charge is -2.09. The van der Waals surface area contributed by atoms with Crippen LogP contribution in [0.2, 0.25) is 0 Å². The highest BCUT2D eigenvalue weighted by atomic mass is 32.1. The molecule has 1 aromatic heterocycles. The first-order valence-corrected chi connectivity index (χ1v) is 9.97. The van der Waals surface area contributed by atoms with Gasteiger partial charge in [-0.1, -0.05) is 0 Å². The quantitative estimate of drug-likeness (QED) is 0.603. The van der Waals surface area contributed by atoms with E-state index in [2.05, 4.69) is 10.3 Å². The average molecular weight is 413 g/mol. The molecule has 0 bridgehead atoms. The summed E-state index contributed by atoms with van der Waals surface area (Å²) in [4.78, 5) is 18.3. The number of ether oxygens (including phenoxy) is 3. The predicted octanol–water partition coefficient (Wildman–Crippen LogP) is 4.12. The number of aryl methyl sites for hydroxylation is 1. The molecule has 1 heterocycles. The zero-order valence-corrected chi connectivity index (χ0v) is 17.8. The fourth-order valence-electron chi connectivity index (χ4n) is 2.85. The highest BCUT2D eigenvalue weighted by molar-refractivity contribution is 7.15. The molecule has 0 aliphatic heterocycles. The van der Waals surface area contributed by atoms with Crippen molar-refractivity contribution in [2.24, 2.45) is 0 Å². The van der Waals surface area contributed by atoms with Gasteiger partial charge in [-0.15, -0.1) is 11.3 Å². The lowest BCUT2D eigenvalue weighted by molar-refractivity contribution is 0.0953. The third-order valence-electron chi connectivity index (χ3n) is 4.48. The van der Waals surface area contributed by atoms with E-state index in [1.54, 1.807) is 50.9 Å². The SMILES string of the molecule is COc1ccc(-c2nc(C)c(CCNC(=O)c3cc(OC)cc(OC)c3)s2)cc1. The maximum Gasteiger partial charge on any atom is 0.251 e. The fraction of sp³-hybridized carbons (Fsp3) is 0.273. The van der Waals surface area contributed by atoms with Gasteiger partial charge in [0.1, 0.15) is 22.3 Å². The minimum atomic E-state index is -0.167. The predicted molar refractivity (Wildman–Crippen MR) is 114 cm³/mol. The van der Waals surface area contributed by atoms with Crippen LogP contribution in [-0.2, 0) is 6.42 Å². The Bertz CT molecular complexity index is 961. The van der Waals surface area contributed by atoms with Gasteiger partial charge in [-0.3, -0.25) is 4.79 Å². The minimum absolute atomic E-state index is 0.167. The Balaban J connectivity index is 1.63. The molecule has 1 amide bonds. The Kier molecular flexibility index (Phi) is 6.72. The normalized spacial score (nSPS) is 10.5. The van der Waals surface area contributed by atoms with Crippen LogP contribution in [0.4, 0.5) is 0 Å². The number of aromatic nitrogens is 1. The standard InChI is InChI=1S/C22H24N2O4S/c1-14-20(29-22(24-14)15-5-7-17(26-2)8-6-15)9-10-23-21(25)16-11-18(27-3)13-19(12-16)28-4/h5-8,11-13H,9-10H2,1-4H3,(H,23,25). The molecule has 0 unspecified atom stereocenters. The van der Waals surface area contributed by atoms with Crippen LogP contribution in [-0.4, -0.2) is 38.8 Å². The van der Waals surface area contributed by atoms with Crippen LogP contribution >= 0.6 is 11.3 Å². The molecule has 7 heteroatoms. The summed E-state index contributed by atoms with van der Waals surface area (Å²) in [6, 6.07) is 13.0. The van der Waals surface area contributed by atoms with E-state index in [1.165, 1.54) is 0 Å². The van der Waals surface area contributed by atoms with Gasteiger partial charge < -0.3 is 19.5 Å². The Morgan fingerprint density at radius 1 is 0.966 bits per heavy atom. The molecule has 0 saturated heterocycles. The topological polar surface area (TPSA) is 69.7 Å². The maximum absolute atomic E-state index is 12.5. The summed E-state index contributed by atoms with van der Waals surface area (Å²) < 4.78 is 15.6. The number of rotatable bonds is 8. The van der Waals surface area contributed by atoms with E-state index in [-0.39, 0.29) is 5.91 Å². The second-order valence-electron chi connectivity index (χ2n) is 6.36. The molecule has 29 heavy (non-hydrogen) atoms. The van der Waals surface area contributed by atoms with E-state index in [4.69, 9.17) is 14.2 Å². The van der Waals surface area contributed by atoms with Crippen molar-refractivity contribution in [2.45, 2.75) is 13.3 Å². The van der Waals surface area contributed by atoms with E-state index < -0.39 is 0 Å². The first kappa shape index (κ1) is 20.7. The van der Waals surface area contributed by atoms with Gasteiger partial charge in [-0.2, -0.15) is 0 Å². The van der Waals surface area contributed by atoms with E-state index in [0.29, 0.717) is 30.0 Å². The molecule has 152 valence electrons. The molecule has 1 N–H and O–H groups in total. The number of nitrogens with zero attached hydrogens (tertiary/aromatic N) is 1. The first-order chi connectivity index (χ1) is 14.0. The second kappa shape index (κ2) is 9.43. The van der Waals surface area contributed by atoms with Crippen molar-refractivity contribution in [3.05, 3.63) is 58.6 Å². The van der Waals surface area contributed by atoms with Crippen molar-refractivity contribution in [3.8, 4) is 27.8 Å². The number of nitrogens with one attached hydrogen (secondary N) is 1. The van der Waals surface area contributed by atoms with Crippen molar-refractivity contribution in [2.75, 3.05) is 27.9 Å². The molecule has 0 aliphatic rings. The van der Waals surface area contributed by atoms with Crippen LogP contribution < -0.4 is 19.5 Å². The summed E-state index contributed by atoms with van der Waals surface area (Å²) in [6.07, 6.45) is 0.715. The highest BCUT2D eigenvalue weighted by Crippen LogP contribution is 2.29. The second-order valence-corrected chi connectivity index (χ2v) is 7.45. The van der Waals surface area contributed by atoms with Crippen molar-refractivity contribution in [1.29, 1.82) is 0 Å². The number of carbonyl (C=O) groups is 1. The zero-order valence-electron chi connectivity index (χ0n) is 16.9. The molecule has 0 fully saturated rings. The number of carbonyl (C=O) groups excluding carboxylic acids is 1. The zero-order chi connectivity index (χ0) is 20.8. The van der Waals surface area contributed by atoms with Gasteiger partial charge in [0, 0.05) is 35.0 Å². The van der Waals surface area contributed by atoms with Gasteiger partial charge in [0.15, 0.2) is 0 Å². The van der Waals surface area contributed by atoms with E-state index >= 15 is 0 Å². The Morgan fingerprint density at radius 2 is 1.59 bits per heavy atom. The van der Waals surface area contributed by atoms with Gasteiger partial charge in [-0.25, -0.2) is 4.98 Å². The van der Waals surface area contributed by atoms with Crippen LogP contribution in [0.1, 0.15) is 20.9 Å². The molecular formula is C22H24N2O4S. The third-order valence-corrected chi connectivity index (χ3v) is 5.75. The summed E-state index contributed by atoms with van der Waals surface area (Å²) in [5.41, 5.74) is 2.54. The Hall–Kier alpha value is -3.06. The number of amides is 1. The summed E-state index contributed by atoms with van der Waals surface area (Å²) in [7, 11) is 4.77. The molecule has 0 radical (unpaired) electrons. The van der Waals surface area contributed by atoms with Crippen molar-refractivity contribution >= 4 is 17.2 Å². The van der Waals surface area contributed by atoms with Crippen molar-refractivity contribution in [1.82, 2.24) is 10.3 Å². The monoisotopic (exact) mass is 412 g/mol. The molecule has 3 aromatic rings. The van der Waals surface area contributed by atoms with Crippen LogP contribution in [0.5, 0.6) is 17.2 Å². The lowest BCUT2D eigenvalue weighted by atomic mass is 10.2.